The lowest BCUT2D eigenvalue weighted by atomic mass is 10.1. The number of aliphatic carboxylic acids is 3. The smallest absolute Gasteiger partial charge is 0.350 e. The van der Waals surface area contributed by atoms with Crippen LogP contribution in [0.3, 0.4) is 0 Å². The summed E-state index contributed by atoms with van der Waals surface area (Å²) >= 11 is 2.22. The predicted octanol–water partition coefficient (Wildman–Crippen LogP) is 2.57. The average molecular weight is 517 g/mol. The summed E-state index contributed by atoms with van der Waals surface area (Å²) in [5.74, 6) is -4.35. The maximum Gasteiger partial charge on any atom is 0.350 e. The monoisotopic (exact) mass is 516 g/mol. The number of carbonyl (C=O) groups excluding carboxylic acids is 1. The SMILES string of the molecule is O=C(Cc1ccccc1)N[C@H](C(=O)O)[C@@H]1N=C(C(=O)O)C(CSC(C(=O)O)c2ccccc2)CS1. The molecule has 0 aliphatic carbocycles. The van der Waals surface area contributed by atoms with E-state index in [9.17, 15) is 34.5 Å². The minimum Gasteiger partial charge on any atom is -0.480 e. The van der Waals surface area contributed by atoms with E-state index in [1.807, 2.05) is 0 Å². The summed E-state index contributed by atoms with van der Waals surface area (Å²) in [5, 5.41) is 29.6. The van der Waals surface area contributed by atoms with Crippen molar-refractivity contribution in [3.05, 3.63) is 71.8 Å². The first-order valence-corrected chi connectivity index (χ1v) is 12.7. The van der Waals surface area contributed by atoms with Gasteiger partial charge in [-0.25, -0.2) is 9.59 Å². The van der Waals surface area contributed by atoms with Gasteiger partial charge in [-0.3, -0.25) is 14.6 Å². The lowest BCUT2D eigenvalue weighted by Gasteiger charge is -2.29. The van der Waals surface area contributed by atoms with Crippen molar-refractivity contribution in [3.63, 3.8) is 0 Å². The number of benzene rings is 2. The third-order valence-corrected chi connectivity index (χ3v) is 7.92. The molecule has 2 aromatic carbocycles. The summed E-state index contributed by atoms with van der Waals surface area (Å²) in [6.45, 7) is 0. The van der Waals surface area contributed by atoms with Gasteiger partial charge in [-0.1, -0.05) is 60.7 Å². The molecule has 9 nitrogen and oxygen atoms in total. The van der Waals surface area contributed by atoms with Crippen molar-refractivity contribution in [3.8, 4) is 0 Å². The second kappa shape index (κ2) is 12.4. The van der Waals surface area contributed by atoms with Crippen molar-refractivity contribution >= 4 is 53.1 Å². The number of carboxylic acid groups (broad SMARTS) is 3. The molecular formula is C24H24N2O7S2. The zero-order chi connectivity index (χ0) is 25.4. The van der Waals surface area contributed by atoms with E-state index in [0.29, 0.717) is 11.1 Å². The molecular weight excluding hydrogens is 492 g/mol. The summed E-state index contributed by atoms with van der Waals surface area (Å²) in [7, 11) is 0. The second-order valence-corrected chi connectivity index (χ2v) is 10.0. The Kier molecular flexibility index (Phi) is 9.32. The van der Waals surface area contributed by atoms with Crippen molar-refractivity contribution in [1.82, 2.24) is 5.32 Å². The van der Waals surface area contributed by atoms with E-state index >= 15 is 0 Å². The Hall–Kier alpha value is -3.31. The molecule has 0 spiro atoms. The van der Waals surface area contributed by atoms with E-state index in [1.165, 1.54) is 0 Å². The molecule has 0 saturated heterocycles. The minimum atomic E-state index is -1.41. The summed E-state index contributed by atoms with van der Waals surface area (Å²) in [6.07, 6.45) is -0.0210. The zero-order valence-corrected chi connectivity index (χ0v) is 20.1. The van der Waals surface area contributed by atoms with E-state index in [2.05, 4.69) is 10.3 Å². The average Bonchev–Trinajstić information content (AvgIpc) is 2.83. The number of aliphatic imine (C=N–C) groups is 1. The highest BCUT2D eigenvalue weighted by atomic mass is 32.2. The van der Waals surface area contributed by atoms with Gasteiger partial charge in [-0.2, -0.15) is 0 Å². The number of rotatable bonds is 11. The first kappa shape index (κ1) is 26.3. The van der Waals surface area contributed by atoms with Crippen LogP contribution in [-0.4, -0.2) is 67.8 Å². The molecule has 0 radical (unpaired) electrons. The minimum absolute atomic E-state index is 0.0210. The molecule has 1 aliphatic rings. The highest BCUT2D eigenvalue weighted by Crippen LogP contribution is 2.34. The summed E-state index contributed by atoms with van der Waals surface area (Å²) in [5.41, 5.74) is 1.08. The van der Waals surface area contributed by atoms with Gasteiger partial charge in [0.25, 0.3) is 0 Å². The lowest BCUT2D eigenvalue weighted by molar-refractivity contribution is -0.141. The predicted molar refractivity (Wildman–Crippen MR) is 134 cm³/mol. The summed E-state index contributed by atoms with van der Waals surface area (Å²) < 4.78 is 0. The number of nitrogens with zero attached hydrogens (tertiary/aromatic N) is 1. The van der Waals surface area contributed by atoms with Crippen LogP contribution in [0.4, 0.5) is 0 Å². The van der Waals surface area contributed by atoms with Gasteiger partial charge in [0, 0.05) is 17.4 Å². The highest BCUT2D eigenvalue weighted by Gasteiger charge is 2.37. The van der Waals surface area contributed by atoms with Crippen molar-refractivity contribution in [2.24, 2.45) is 10.9 Å². The quantitative estimate of drug-likeness (QED) is 0.353. The largest absolute Gasteiger partial charge is 0.480 e. The van der Waals surface area contributed by atoms with Crippen LogP contribution < -0.4 is 5.32 Å². The Bertz CT molecular complexity index is 1100. The fourth-order valence-electron chi connectivity index (χ4n) is 3.51. The molecule has 1 amide bonds. The number of amides is 1. The first-order chi connectivity index (χ1) is 16.8. The molecule has 2 unspecified atom stereocenters. The van der Waals surface area contributed by atoms with Crippen LogP contribution in [0.15, 0.2) is 65.7 Å². The van der Waals surface area contributed by atoms with Crippen molar-refractivity contribution in [1.29, 1.82) is 0 Å². The Balaban J connectivity index is 1.71. The number of carbonyl (C=O) groups is 4. The van der Waals surface area contributed by atoms with E-state index in [-0.39, 0.29) is 23.6 Å². The first-order valence-electron chi connectivity index (χ1n) is 10.6. The van der Waals surface area contributed by atoms with Crippen molar-refractivity contribution < 1.29 is 34.5 Å². The van der Waals surface area contributed by atoms with E-state index in [4.69, 9.17) is 0 Å². The second-order valence-electron chi connectivity index (χ2n) is 7.75. The van der Waals surface area contributed by atoms with Crippen LogP contribution in [0.2, 0.25) is 0 Å². The maximum absolute atomic E-state index is 12.4. The molecule has 0 aromatic heterocycles. The van der Waals surface area contributed by atoms with Gasteiger partial charge in [0.15, 0.2) is 6.04 Å². The van der Waals surface area contributed by atoms with Crippen LogP contribution in [0.25, 0.3) is 0 Å². The van der Waals surface area contributed by atoms with Gasteiger partial charge in [-0.15, -0.1) is 23.5 Å². The Morgan fingerprint density at radius 2 is 1.60 bits per heavy atom. The van der Waals surface area contributed by atoms with Gasteiger partial charge in [0.2, 0.25) is 5.91 Å². The molecule has 0 fully saturated rings. The molecule has 0 bridgehead atoms. The fraction of sp³-hybridized carbons (Fsp3) is 0.292. The fourth-order valence-corrected chi connectivity index (χ4v) is 6.12. The Morgan fingerprint density at radius 3 is 2.17 bits per heavy atom. The van der Waals surface area contributed by atoms with Crippen LogP contribution in [-0.2, 0) is 25.6 Å². The molecule has 1 aliphatic heterocycles. The normalized spacial score (nSPS) is 19.1. The van der Waals surface area contributed by atoms with Crippen LogP contribution in [0, 0.1) is 5.92 Å². The van der Waals surface area contributed by atoms with Crippen molar-refractivity contribution in [2.75, 3.05) is 11.5 Å². The standard InChI is InChI=1S/C24H24N2O7S2/c27-17(11-14-7-3-1-4-8-14)25-19(23(30)31)21-26-18(22(28)29)16(13-35-21)12-34-20(24(32)33)15-9-5-2-6-10-15/h1-10,16,19-21H,11-13H2,(H,25,27)(H,28,29)(H,30,31)(H,32,33)/t16?,19-,20?,21+/m0/s1. The number of thioether (sulfide) groups is 2. The number of hydrogen-bond donors (Lipinski definition) is 4. The molecule has 4 atom stereocenters. The van der Waals surface area contributed by atoms with Gasteiger partial charge in [-0.05, 0) is 11.1 Å². The van der Waals surface area contributed by atoms with Crippen LogP contribution >= 0.6 is 23.5 Å². The van der Waals surface area contributed by atoms with E-state index in [0.717, 1.165) is 23.5 Å². The molecule has 0 saturated carbocycles. The van der Waals surface area contributed by atoms with Gasteiger partial charge in [0.05, 0.1) is 6.42 Å². The molecule has 184 valence electrons. The molecule has 2 aromatic rings. The van der Waals surface area contributed by atoms with Gasteiger partial charge >= 0.3 is 17.9 Å². The molecule has 35 heavy (non-hydrogen) atoms. The number of carboxylic acids is 3. The Labute approximate surface area is 210 Å². The topological polar surface area (TPSA) is 153 Å². The molecule has 11 heteroatoms. The van der Waals surface area contributed by atoms with E-state index < -0.39 is 46.4 Å². The van der Waals surface area contributed by atoms with Crippen LogP contribution in [0.5, 0.6) is 0 Å². The van der Waals surface area contributed by atoms with Crippen molar-refractivity contribution in [2.45, 2.75) is 23.1 Å². The lowest BCUT2D eigenvalue weighted by Crippen LogP contribution is -2.49. The van der Waals surface area contributed by atoms with Gasteiger partial charge in [0.1, 0.15) is 16.3 Å². The summed E-state index contributed by atoms with van der Waals surface area (Å²) in [4.78, 5) is 52.1. The third-order valence-electron chi connectivity index (χ3n) is 5.21. The van der Waals surface area contributed by atoms with Crippen LogP contribution in [0.1, 0.15) is 16.4 Å². The van der Waals surface area contributed by atoms with E-state index in [1.54, 1.807) is 60.7 Å². The highest BCUT2D eigenvalue weighted by molar-refractivity contribution is 8.01. The molecule has 3 rings (SSSR count). The maximum atomic E-state index is 12.4. The Morgan fingerprint density at radius 1 is 0.971 bits per heavy atom. The third kappa shape index (κ3) is 7.33. The number of hydrogen-bond acceptors (Lipinski definition) is 7. The number of nitrogens with one attached hydrogen (secondary N) is 1. The molecule has 4 N–H and O–H groups in total. The zero-order valence-electron chi connectivity index (χ0n) is 18.4. The summed E-state index contributed by atoms with van der Waals surface area (Å²) in [6, 6.07) is 16.0. The molecule has 1 heterocycles. The van der Waals surface area contributed by atoms with Gasteiger partial charge < -0.3 is 20.6 Å².